The molecule has 0 saturated heterocycles. The van der Waals surface area contributed by atoms with Crippen LogP contribution in [-0.2, 0) is 21.7 Å². The van der Waals surface area contributed by atoms with Crippen LogP contribution >= 0.6 is 0 Å². The van der Waals surface area contributed by atoms with Gasteiger partial charge in [-0.15, -0.1) is 0 Å². The Morgan fingerprint density at radius 1 is 0.311 bits per heavy atom. The molecule has 0 bridgehead atoms. The van der Waals surface area contributed by atoms with Gasteiger partial charge in [0.25, 0.3) is 6.71 Å². The van der Waals surface area contributed by atoms with Gasteiger partial charge in [0.05, 0.1) is 22.2 Å². The summed E-state index contributed by atoms with van der Waals surface area (Å²) in [5.74, 6) is 0. The van der Waals surface area contributed by atoms with Crippen LogP contribution in [0.5, 0.6) is 0 Å². The minimum Gasteiger partial charge on any atom is -0.311 e. The summed E-state index contributed by atoms with van der Waals surface area (Å²) in [6, 6.07) is 70.5. The molecule has 0 N–H and O–H groups in total. The largest absolute Gasteiger partial charge is 0.311 e. The molecule has 0 amide bonds. The molecule has 11 aromatic rings. The minimum absolute atomic E-state index is 0.00925. The van der Waals surface area contributed by atoms with Gasteiger partial charge in [0.1, 0.15) is 0 Å². The fraction of sp³-hybridized carbons (Fsp3) is 0.229. The number of nitrogens with zero attached hydrogens (tertiary/aromatic N) is 3. The molecule has 4 heteroatoms. The van der Waals surface area contributed by atoms with Gasteiger partial charge < -0.3 is 14.0 Å². The zero-order chi connectivity index (χ0) is 51.4. The van der Waals surface area contributed by atoms with Crippen molar-refractivity contribution in [2.24, 2.45) is 0 Å². The summed E-state index contributed by atoms with van der Waals surface area (Å²) in [6.45, 7) is 27.9. The Hall–Kier alpha value is -7.56. The van der Waals surface area contributed by atoms with Gasteiger partial charge >= 0.3 is 0 Å². The molecular weight excluding hydrogens is 894 g/mol. The summed E-state index contributed by atoms with van der Waals surface area (Å²) in [7, 11) is 0. The molecule has 2 aromatic heterocycles. The van der Waals surface area contributed by atoms with E-state index in [0.29, 0.717) is 0 Å². The van der Waals surface area contributed by atoms with Crippen LogP contribution in [0, 0.1) is 0 Å². The zero-order valence-electron chi connectivity index (χ0n) is 45.2. The fourth-order valence-electron chi connectivity index (χ4n) is 12.3. The Labute approximate surface area is 438 Å². The first-order chi connectivity index (χ1) is 35.2. The van der Waals surface area contributed by atoms with Crippen LogP contribution in [-0.4, -0.2) is 15.8 Å². The summed E-state index contributed by atoms with van der Waals surface area (Å²) in [5.41, 5.74) is 25.0. The lowest BCUT2D eigenvalue weighted by atomic mass is 9.33. The molecular formula is C70H66BN3. The highest BCUT2D eigenvalue weighted by Gasteiger charge is 2.43. The summed E-state index contributed by atoms with van der Waals surface area (Å²) in [4.78, 5) is 2.59. The molecule has 2 aliphatic rings. The van der Waals surface area contributed by atoms with Crippen molar-refractivity contribution in [2.45, 2.75) is 105 Å². The van der Waals surface area contributed by atoms with Crippen LogP contribution in [0.4, 0.5) is 17.1 Å². The number of hydrogen-bond donors (Lipinski definition) is 0. The number of fused-ring (bicyclic) bond motifs is 10. The third kappa shape index (κ3) is 7.15. The van der Waals surface area contributed by atoms with E-state index in [9.17, 15) is 0 Å². The highest BCUT2D eigenvalue weighted by Crippen LogP contribution is 2.47. The smallest absolute Gasteiger partial charge is 0.252 e. The standard InChI is InChI=1S/C70H66BN3/c1-67(2,3)47-24-29-51(30-25-47)72-60-33-23-45(43-19-15-13-16-20-43)36-57(60)71-58-37-46(44-21-17-14-18-22-44)35-56-55-38-48(68(4,5)6)28-34-59(55)74(66(56)58)64-42-52(41-63(72)65(64)71)73-61-39-49(69(7,8)9)26-31-53(61)54-32-27-50(40-62(54)73)70(10,11)12/h13-42H,1-12H3. The van der Waals surface area contributed by atoms with E-state index >= 15 is 0 Å². The molecule has 364 valence electrons. The van der Waals surface area contributed by atoms with Gasteiger partial charge in [-0.3, -0.25) is 0 Å². The van der Waals surface area contributed by atoms with E-state index in [4.69, 9.17) is 0 Å². The molecule has 9 aromatic carbocycles. The Morgan fingerprint density at radius 3 is 1.41 bits per heavy atom. The SMILES string of the molecule is CC(C)(C)c1ccc(N2c3ccc(-c4ccccc4)cc3B3c4c2cc(-n2c5cc(C(C)(C)C)ccc5c5ccc(C(C)(C)C)cc52)cc4-n2c4ccc(C(C)(C)C)cc4c4cc(-c5ccccc5)cc3c42)cc1. The van der Waals surface area contributed by atoms with Gasteiger partial charge in [0.2, 0.25) is 0 Å². The maximum atomic E-state index is 2.65. The third-order valence-electron chi connectivity index (χ3n) is 16.5. The van der Waals surface area contributed by atoms with Crippen LogP contribution in [0.25, 0.3) is 77.2 Å². The molecule has 0 fully saturated rings. The predicted molar refractivity (Wildman–Crippen MR) is 320 cm³/mol. The van der Waals surface area contributed by atoms with Crippen molar-refractivity contribution < 1.29 is 0 Å². The van der Waals surface area contributed by atoms with Gasteiger partial charge in [0, 0.05) is 49.8 Å². The maximum absolute atomic E-state index is 2.65. The molecule has 13 rings (SSSR count). The van der Waals surface area contributed by atoms with Crippen molar-refractivity contribution in [3.05, 3.63) is 204 Å². The van der Waals surface area contributed by atoms with Crippen LogP contribution in [0.15, 0.2) is 182 Å². The number of anilines is 3. The van der Waals surface area contributed by atoms with Crippen LogP contribution < -0.4 is 21.3 Å². The fourth-order valence-corrected chi connectivity index (χ4v) is 12.3. The van der Waals surface area contributed by atoms with Crippen molar-refractivity contribution in [3.63, 3.8) is 0 Å². The first-order valence-electron chi connectivity index (χ1n) is 26.8. The topological polar surface area (TPSA) is 13.1 Å². The summed E-state index contributed by atoms with van der Waals surface area (Å²) in [5, 5.41) is 5.13. The van der Waals surface area contributed by atoms with Gasteiger partial charge in [-0.05, 0) is 143 Å². The Morgan fingerprint density at radius 2 is 0.824 bits per heavy atom. The molecule has 0 spiro atoms. The highest BCUT2D eigenvalue weighted by molar-refractivity contribution is 7.00. The normalized spacial score (nSPS) is 13.6. The second-order valence-corrected chi connectivity index (χ2v) is 25.5. The first-order valence-corrected chi connectivity index (χ1v) is 26.8. The quantitative estimate of drug-likeness (QED) is 0.160. The summed E-state index contributed by atoms with van der Waals surface area (Å²) in [6.07, 6.45) is 0. The highest BCUT2D eigenvalue weighted by atomic mass is 15.2. The average Bonchev–Trinajstić information content (AvgIpc) is 3.90. The lowest BCUT2D eigenvalue weighted by Gasteiger charge is -2.41. The van der Waals surface area contributed by atoms with Crippen LogP contribution in [0.2, 0.25) is 0 Å². The molecule has 0 radical (unpaired) electrons. The number of aromatic nitrogens is 2. The van der Waals surface area contributed by atoms with Crippen LogP contribution in [0.1, 0.15) is 105 Å². The van der Waals surface area contributed by atoms with Crippen LogP contribution in [0.3, 0.4) is 0 Å². The van der Waals surface area contributed by atoms with E-state index in [1.54, 1.807) is 0 Å². The molecule has 4 heterocycles. The number of hydrogen-bond acceptors (Lipinski definition) is 1. The van der Waals surface area contributed by atoms with E-state index in [1.165, 1.54) is 122 Å². The lowest BCUT2D eigenvalue weighted by molar-refractivity contribution is 0.590. The summed E-state index contributed by atoms with van der Waals surface area (Å²) < 4.78 is 5.26. The Kier molecular flexibility index (Phi) is 9.98. The minimum atomic E-state index is -0.0685. The van der Waals surface area contributed by atoms with Gasteiger partial charge in [0.15, 0.2) is 0 Å². The molecule has 2 aliphatic heterocycles. The van der Waals surface area contributed by atoms with Gasteiger partial charge in [-0.2, -0.15) is 0 Å². The average molecular weight is 960 g/mol. The maximum Gasteiger partial charge on any atom is 0.252 e. The second kappa shape index (κ2) is 16.0. The molecule has 0 aliphatic carbocycles. The van der Waals surface area contributed by atoms with E-state index in [0.717, 1.165) is 11.4 Å². The lowest BCUT2D eigenvalue weighted by Crippen LogP contribution is -2.60. The van der Waals surface area contributed by atoms with Crippen molar-refractivity contribution in [1.82, 2.24) is 9.13 Å². The monoisotopic (exact) mass is 960 g/mol. The molecule has 3 nitrogen and oxygen atoms in total. The van der Waals surface area contributed by atoms with Crippen molar-refractivity contribution >= 4 is 83.8 Å². The van der Waals surface area contributed by atoms with E-state index in [1.807, 2.05) is 0 Å². The molecule has 0 saturated carbocycles. The molecule has 0 unspecified atom stereocenters. The Balaban J connectivity index is 1.22. The summed E-state index contributed by atoms with van der Waals surface area (Å²) >= 11 is 0. The van der Waals surface area contributed by atoms with Gasteiger partial charge in [-0.1, -0.05) is 204 Å². The predicted octanol–water partition coefficient (Wildman–Crippen LogP) is 17.0. The molecule has 74 heavy (non-hydrogen) atoms. The number of benzene rings is 9. The zero-order valence-corrected chi connectivity index (χ0v) is 45.2. The van der Waals surface area contributed by atoms with E-state index in [-0.39, 0.29) is 28.4 Å². The van der Waals surface area contributed by atoms with E-state index < -0.39 is 0 Å². The van der Waals surface area contributed by atoms with Gasteiger partial charge in [-0.25, -0.2) is 0 Å². The Bertz CT molecular complexity index is 4010. The number of rotatable bonds is 4. The van der Waals surface area contributed by atoms with Crippen molar-refractivity contribution in [2.75, 3.05) is 4.90 Å². The molecule has 0 atom stereocenters. The van der Waals surface area contributed by atoms with Crippen molar-refractivity contribution in [3.8, 4) is 33.6 Å². The van der Waals surface area contributed by atoms with E-state index in [2.05, 4.69) is 279 Å². The first kappa shape index (κ1) is 46.2. The third-order valence-corrected chi connectivity index (χ3v) is 16.5. The van der Waals surface area contributed by atoms with Crippen molar-refractivity contribution in [1.29, 1.82) is 0 Å². The second-order valence-electron chi connectivity index (χ2n) is 25.5.